The highest BCUT2D eigenvalue weighted by Gasteiger charge is 2.25. The zero-order valence-electron chi connectivity index (χ0n) is 12.5. The fourth-order valence-electron chi connectivity index (χ4n) is 3.08. The SMILES string of the molecule is CCN(c1ccccc1)C(C)OC1CCCCC1C. The molecule has 19 heavy (non-hydrogen) atoms. The summed E-state index contributed by atoms with van der Waals surface area (Å²) in [6.07, 6.45) is 5.80. The van der Waals surface area contributed by atoms with Crippen molar-refractivity contribution in [2.75, 3.05) is 11.4 Å². The van der Waals surface area contributed by atoms with Gasteiger partial charge in [0.2, 0.25) is 0 Å². The minimum atomic E-state index is 0.151. The van der Waals surface area contributed by atoms with Crippen LogP contribution in [0.3, 0.4) is 0 Å². The maximum Gasteiger partial charge on any atom is 0.127 e. The monoisotopic (exact) mass is 261 g/mol. The van der Waals surface area contributed by atoms with Crippen molar-refractivity contribution in [2.45, 2.75) is 58.8 Å². The molecule has 3 atom stereocenters. The van der Waals surface area contributed by atoms with E-state index < -0.39 is 0 Å². The van der Waals surface area contributed by atoms with E-state index in [1.165, 1.54) is 31.4 Å². The van der Waals surface area contributed by atoms with Crippen molar-refractivity contribution in [3.8, 4) is 0 Å². The Kier molecular flexibility index (Phi) is 5.26. The molecule has 0 spiro atoms. The summed E-state index contributed by atoms with van der Waals surface area (Å²) in [5.41, 5.74) is 1.25. The second-order valence-electron chi connectivity index (χ2n) is 5.66. The lowest BCUT2D eigenvalue weighted by atomic mass is 9.88. The minimum absolute atomic E-state index is 0.151. The number of hydrogen-bond acceptors (Lipinski definition) is 2. The molecule has 3 unspecified atom stereocenters. The van der Waals surface area contributed by atoms with Crippen molar-refractivity contribution in [3.05, 3.63) is 30.3 Å². The van der Waals surface area contributed by atoms with Crippen LogP contribution in [0.5, 0.6) is 0 Å². The Labute approximate surface area is 117 Å². The van der Waals surface area contributed by atoms with E-state index in [9.17, 15) is 0 Å². The summed E-state index contributed by atoms with van der Waals surface area (Å²) < 4.78 is 6.34. The van der Waals surface area contributed by atoms with Gasteiger partial charge in [0.25, 0.3) is 0 Å². The molecule has 2 nitrogen and oxygen atoms in total. The highest BCUT2D eigenvalue weighted by molar-refractivity contribution is 5.46. The molecule has 1 saturated carbocycles. The molecule has 1 aromatic carbocycles. The van der Waals surface area contributed by atoms with Crippen LogP contribution in [-0.2, 0) is 4.74 Å². The van der Waals surface area contributed by atoms with Gasteiger partial charge in [0.1, 0.15) is 6.23 Å². The average molecular weight is 261 g/mol. The van der Waals surface area contributed by atoms with Crippen molar-refractivity contribution in [3.63, 3.8) is 0 Å². The van der Waals surface area contributed by atoms with Gasteiger partial charge < -0.3 is 9.64 Å². The summed E-state index contributed by atoms with van der Waals surface area (Å²) in [6, 6.07) is 10.6. The summed E-state index contributed by atoms with van der Waals surface area (Å²) in [5.74, 6) is 0.700. The Bertz CT molecular complexity index is 365. The lowest BCUT2D eigenvalue weighted by Crippen LogP contribution is -2.40. The van der Waals surface area contributed by atoms with E-state index in [0.29, 0.717) is 12.0 Å². The molecular weight excluding hydrogens is 234 g/mol. The smallest absolute Gasteiger partial charge is 0.127 e. The van der Waals surface area contributed by atoms with Gasteiger partial charge >= 0.3 is 0 Å². The van der Waals surface area contributed by atoms with Crippen LogP contribution in [0, 0.1) is 5.92 Å². The Morgan fingerprint density at radius 1 is 1.21 bits per heavy atom. The molecule has 106 valence electrons. The number of nitrogens with zero attached hydrogens (tertiary/aromatic N) is 1. The van der Waals surface area contributed by atoms with Crippen LogP contribution in [-0.4, -0.2) is 18.9 Å². The molecule has 1 aliphatic carbocycles. The first kappa shape index (κ1) is 14.4. The second kappa shape index (κ2) is 6.95. The van der Waals surface area contributed by atoms with E-state index >= 15 is 0 Å². The molecule has 0 saturated heterocycles. The van der Waals surface area contributed by atoms with Gasteiger partial charge in [-0.15, -0.1) is 0 Å². The third-order valence-corrected chi connectivity index (χ3v) is 4.27. The summed E-state index contributed by atoms with van der Waals surface area (Å²) in [6.45, 7) is 7.68. The molecule has 0 aliphatic heterocycles. The van der Waals surface area contributed by atoms with E-state index in [4.69, 9.17) is 4.74 Å². The van der Waals surface area contributed by atoms with E-state index in [2.05, 4.69) is 56.0 Å². The van der Waals surface area contributed by atoms with Crippen molar-refractivity contribution in [1.29, 1.82) is 0 Å². The Morgan fingerprint density at radius 2 is 1.89 bits per heavy atom. The fourth-order valence-corrected chi connectivity index (χ4v) is 3.08. The molecule has 0 N–H and O–H groups in total. The Hall–Kier alpha value is -1.02. The van der Waals surface area contributed by atoms with Gasteiger partial charge in [-0.2, -0.15) is 0 Å². The van der Waals surface area contributed by atoms with Crippen molar-refractivity contribution in [1.82, 2.24) is 0 Å². The topological polar surface area (TPSA) is 12.5 Å². The number of hydrogen-bond donors (Lipinski definition) is 0. The van der Waals surface area contributed by atoms with Gasteiger partial charge in [-0.1, -0.05) is 38.0 Å². The predicted octanol–water partition coefficient (Wildman–Crippen LogP) is 4.45. The van der Waals surface area contributed by atoms with Gasteiger partial charge in [0.05, 0.1) is 6.10 Å². The molecule has 2 heteroatoms. The molecule has 1 aromatic rings. The van der Waals surface area contributed by atoms with E-state index in [0.717, 1.165) is 6.54 Å². The lowest BCUT2D eigenvalue weighted by molar-refractivity contribution is -0.0481. The van der Waals surface area contributed by atoms with Crippen molar-refractivity contribution >= 4 is 5.69 Å². The molecule has 1 aliphatic rings. The number of anilines is 1. The third kappa shape index (κ3) is 3.73. The standard InChI is InChI=1S/C17H27NO/c1-4-18(16-11-6-5-7-12-16)15(3)19-17-13-9-8-10-14(17)2/h5-7,11-12,14-15,17H,4,8-10,13H2,1-3H3. The molecule has 0 heterocycles. The first-order valence-electron chi connectivity index (χ1n) is 7.69. The molecule has 0 aromatic heterocycles. The Morgan fingerprint density at radius 3 is 2.53 bits per heavy atom. The summed E-state index contributed by atoms with van der Waals surface area (Å²) >= 11 is 0. The van der Waals surface area contributed by atoms with Crippen LogP contribution >= 0.6 is 0 Å². The number of para-hydroxylation sites is 1. The fraction of sp³-hybridized carbons (Fsp3) is 0.647. The predicted molar refractivity (Wildman–Crippen MR) is 81.4 cm³/mol. The zero-order chi connectivity index (χ0) is 13.7. The number of ether oxygens (including phenoxy) is 1. The quantitative estimate of drug-likeness (QED) is 0.726. The van der Waals surface area contributed by atoms with E-state index in [1.807, 2.05) is 0 Å². The first-order valence-corrected chi connectivity index (χ1v) is 7.69. The third-order valence-electron chi connectivity index (χ3n) is 4.27. The van der Waals surface area contributed by atoms with Crippen LogP contribution in [0.2, 0.25) is 0 Å². The van der Waals surface area contributed by atoms with E-state index in [1.54, 1.807) is 0 Å². The van der Waals surface area contributed by atoms with Gasteiger partial charge in [0.15, 0.2) is 0 Å². The molecule has 0 amide bonds. The maximum absolute atomic E-state index is 6.34. The second-order valence-corrected chi connectivity index (χ2v) is 5.66. The van der Waals surface area contributed by atoms with Gasteiger partial charge in [-0.05, 0) is 44.7 Å². The normalized spacial score (nSPS) is 25.0. The summed E-state index contributed by atoms with van der Waals surface area (Å²) in [7, 11) is 0. The molecule has 2 rings (SSSR count). The van der Waals surface area contributed by atoms with E-state index in [-0.39, 0.29) is 6.23 Å². The molecular formula is C17H27NO. The van der Waals surface area contributed by atoms with Crippen LogP contribution < -0.4 is 4.90 Å². The summed E-state index contributed by atoms with van der Waals surface area (Å²) in [4.78, 5) is 2.33. The number of benzene rings is 1. The van der Waals surface area contributed by atoms with Crippen molar-refractivity contribution in [2.24, 2.45) is 5.92 Å². The zero-order valence-corrected chi connectivity index (χ0v) is 12.5. The van der Waals surface area contributed by atoms with Gasteiger partial charge in [0, 0.05) is 12.2 Å². The highest BCUT2D eigenvalue weighted by Crippen LogP contribution is 2.28. The summed E-state index contributed by atoms with van der Waals surface area (Å²) in [5, 5.41) is 0. The van der Waals surface area contributed by atoms with Crippen LogP contribution in [0.4, 0.5) is 5.69 Å². The highest BCUT2D eigenvalue weighted by atomic mass is 16.5. The van der Waals surface area contributed by atoms with Crippen LogP contribution in [0.15, 0.2) is 30.3 Å². The molecule has 1 fully saturated rings. The molecule has 0 bridgehead atoms. The lowest BCUT2D eigenvalue weighted by Gasteiger charge is -2.36. The largest absolute Gasteiger partial charge is 0.355 e. The first-order chi connectivity index (χ1) is 9.22. The Balaban J connectivity index is 1.98. The average Bonchev–Trinajstić information content (AvgIpc) is 2.43. The number of rotatable bonds is 5. The van der Waals surface area contributed by atoms with Crippen LogP contribution in [0.1, 0.15) is 46.5 Å². The molecule has 0 radical (unpaired) electrons. The van der Waals surface area contributed by atoms with Gasteiger partial charge in [-0.3, -0.25) is 0 Å². The van der Waals surface area contributed by atoms with Crippen LogP contribution in [0.25, 0.3) is 0 Å². The minimum Gasteiger partial charge on any atom is -0.355 e. The van der Waals surface area contributed by atoms with Gasteiger partial charge in [-0.25, -0.2) is 0 Å². The maximum atomic E-state index is 6.34. The van der Waals surface area contributed by atoms with Crippen molar-refractivity contribution < 1.29 is 4.74 Å².